The summed E-state index contributed by atoms with van der Waals surface area (Å²) >= 11 is 0. The Morgan fingerprint density at radius 1 is 0.833 bits per heavy atom. The predicted molar refractivity (Wildman–Crippen MR) is 135 cm³/mol. The largest absolute Gasteiger partial charge is 0.474 e. The second kappa shape index (κ2) is 21.3. The van der Waals surface area contributed by atoms with E-state index in [9.17, 15) is 0 Å². The summed E-state index contributed by atoms with van der Waals surface area (Å²) in [6, 6.07) is 0. The lowest BCUT2D eigenvalue weighted by Crippen LogP contribution is -2.32. The molecule has 3 nitrogen and oxygen atoms in total. The van der Waals surface area contributed by atoms with E-state index in [1.165, 1.54) is 89.9 Å². The number of allylic oxidation sites excluding steroid dienone is 2. The van der Waals surface area contributed by atoms with Gasteiger partial charge in [0.2, 0.25) is 0 Å². The Morgan fingerprint density at radius 2 is 1.37 bits per heavy atom. The molecular formula is C27H54N2O. The molecule has 3 N–H and O–H groups in total. The standard InChI is InChI=1S/C27H54N2O/c1-5-7-8-9-10-11-12-13-14-15-16-17-18-19-20-21-25-29-26(3)30-27(4,6-2)23-22-24-28/h13-14,29H,3,5-12,15-25,28H2,1-2,4H3/b14-13-/t27-/m1/s1. The first-order chi connectivity index (χ1) is 14.6. The molecule has 0 aliphatic rings. The zero-order valence-electron chi connectivity index (χ0n) is 20.8. The van der Waals surface area contributed by atoms with E-state index >= 15 is 0 Å². The van der Waals surface area contributed by atoms with Gasteiger partial charge in [-0.15, -0.1) is 0 Å². The Balaban J connectivity index is 3.43. The molecule has 0 saturated carbocycles. The van der Waals surface area contributed by atoms with E-state index < -0.39 is 0 Å². The number of ether oxygens (including phenoxy) is 1. The van der Waals surface area contributed by atoms with Gasteiger partial charge in [0.1, 0.15) is 5.60 Å². The fourth-order valence-electron chi connectivity index (χ4n) is 3.71. The summed E-state index contributed by atoms with van der Waals surface area (Å²) in [7, 11) is 0. The van der Waals surface area contributed by atoms with E-state index in [1.54, 1.807) is 0 Å². The van der Waals surface area contributed by atoms with Crippen molar-refractivity contribution in [2.45, 2.75) is 136 Å². The van der Waals surface area contributed by atoms with Crippen LogP contribution in [0.15, 0.2) is 24.6 Å². The van der Waals surface area contributed by atoms with Gasteiger partial charge >= 0.3 is 0 Å². The molecule has 0 fully saturated rings. The molecule has 0 aromatic rings. The number of hydrogen-bond acceptors (Lipinski definition) is 3. The van der Waals surface area contributed by atoms with Gasteiger partial charge in [0, 0.05) is 6.54 Å². The maximum Gasteiger partial charge on any atom is 0.179 e. The van der Waals surface area contributed by atoms with Crippen LogP contribution in [0, 0.1) is 0 Å². The quantitative estimate of drug-likeness (QED) is 0.0995. The average Bonchev–Trinajstić information content (AvgIpc) is 2.74. The molecule has 0 aliphatic carbocycles. The maximum atomic E-state index is 6.05. The topological polar surface area (TPSA) is 47.3 Å². The molecule has 0 aromatic heterocycles. The number of nitrogens with two attached hydrogens (primary N) is 1. The van der Waals surface area contributed by atoms with Gasteiger partial charge in [-0.25, -0.2) is 0 Å². The number of rotatable bonds is 23. The van der Waals surface area contributed by atoms with Gasteiger partial charge in [0.05, 0.1) is 0 Å². The van der Waals surface area contributed by atoms with Gasteiger partial charge in [-0.2, -0.15) is 0 Å². The summed E-state index contributed by atoms with van der Waals surface area (Å²) in [6.45, 7) is 12.3. The maximum absolute atomic E-state index is 6.05. The molecule has 1 atom stereocenters. The van der Waals surface area contributed by atoms with Crippen LogP contribution < -0.4 is 11.1 Å². The molecule has 3 heteroatoms. The summed E-state index contributed by atoms with van der Waals surface area (Å²) in [5.41, 5.74) is 5.48. The van der Waals surface area contributed by atoms with Crippen LogP contribution in [0.3, 0.4) is 0 Å². The normalized spacial score (nSPS) is 13.5. The van der Waals surface area contributed by atoms with Gasteiger partial charge in [0.15, 0.2) is 5.88 Å². The van der Waals surface area contributed by atoms with E-state index in [0.29, 0.717) is 12.4 Å². The van der Waals surface area contributed by atoms with Crippen molar-refractivity contribution in [1.82, 2.24) is 5.32 Å². The van der Waals surface area contributed by atoms with Crippen molar-refractivity contribution >= 4 is 0 Å². The van der Waals surface area contributed by atoms with Crippen molar-refractivity contribution in [2.24, 2.45) is 5.73 Å². The summed E-state index contributed by atoms with van der Waals surface area (Å²) < 4.78 is 6.05. The lowest BCUT2D eigenvalue weighted by molar-refractivity contribution is -0.00240. The minimum Gasteiger partial charge on any atom is -0.474 e. The monoisotopic (exact) mass is 422 g/mol. The second-order valence-corrected chi connectivity index (χ2v) is 9.09. The molecule has 0 rings (SSSR count). The Bertz CT molecular complexity index is 408. The van der Waals surface area contributed by atoms with Crippen molar-refractivity contribution in [3.8, 4) is 0 Å². The van der Waals surface area contributed by atoms with Crippen LogP contribution in [0.5, 0.6) is 0 Å². The predicted octanol–water partition coefficient (Wildman–Crippen LogP) is 8.01. The molecule has 30 heavy (non-hydrogen) atoms. The van der Waals surface area contributed by atoms with Crippen LogP contribution in [-0.4, -0.2) is 18.7 Å². The van der Waals surface area contributed by atoms with Crippen molar-refractivity contribution in [1.29, 1.82) is 0 Å². The first-order valence-electron chi connectivity index (χ1n) is 13.0. The average molecular weight is 423 g/mol. The molecule has 0 bridgehead atoms. The lowest BCUT2D eigenvalue weighted by Gasteiger charge is -2.30. The van der Waals surface area contributed by atoms with E-state index in [-0.39, 0.29) is 5.60 Å². The summed E-state index contributed by atoms with van der Waals surface area (Å²) in [5.74, 6) is 0.712. The molecule has 0 saturated heterocycles. The lowest BCUT2D eigenvalue weighted by atomic mass is 9.97. The molecular weight excluding hydrogens is 368 g/mol. The summed E-state index contributed by atoms with van der Waals surface area (Å²) in [5, 5.41) is 3.34. The SMILES string of the molecule is C=C(NCCCCCCCC/C=C\CCCCCCCC)O[C@](C)(CC)CCCN. The highest BCUT2D eigenvalue weighted by Gasteiger charge is 2.23. The Kier molecular flexibility index (Phi) is 20.6. The van der Waals surface area contributed by atoms with Gasteiger partial charge in [-0.3, -0.25) is 0 Å². The van der Waals surface area contributed by atoms with E-state index in [1.807, 2.05) is 0 Å². The zero-order chi connectivity index (χ0) is 22.3. The molecule has 0 spiro atoms. The minimum atomic E-state index is -0.146. The fraction of sp³-hybridized carbons (Fsp3) is 0.852. The van der Waals surface area contributed by atoms with Crippen LogP contribution in [0.4, 0.5) is 0 Å². The van der Waals surface area contributed by atoms with Crippen LogP contribution in [0.1, 0.15) is 130 Å². The minimum absolute atomic E-state index is 0.146. The highest BCUT2D eigenvalue weighted by Crippen LogP contribution is 2.23. The van der Waals surface area contributed by atoms with E-state index in [4.69, 9.17) is 10.5 Å². The Labute approximate surface area is 189 Å². The highest BCUT2D eigenvalue weighted by molar-refractivity contribution is 4.86. The smallest absolute Gasteiger partial charge is 0.179 e. The molecule has 0 heterocycles. The van der Waals surface area contributed by atoms with Crippen molar-refractivity contribution in [3.63, 3.8) is 0 Å². The van der Waals surface area contributed by atoms with E-state index in [0.717, 1.165) is 25.8 Å². The van der Waals surface area contributed by atoms with Crippen molar-refractivity contribution in [3.05, 3.63) is 24.6 Å². The van der Waals surface area contributed by atoms with Gasteiger partial charge in [0.25, 0.3) is 0 Å². The van der Waals surface area contributed by atoms with E-state index in [2.05, 4.69) is 44.8 Å². The third kappa shape index (κ3) is 19.0. The molecule has 178 valence electrons. The second-order valence-electron chi connectivity index (χ2n) is 9.09. The first-order valence-corrected chi connectivity index (χ1v) is 13.0. The third-order valence-corrected chi connectivity index (χ3v) is 6.04. The molecule has 0 radical (unpaired) electrons. The fourth-order valence-corrected chi connectivity index (χ4v) is 3.71. The molecule has 0 amide bonds. The van der Waals surface area contributed by atoms with Crippen LogP contribution in [0.2, 0.25) is 0 Å². The molecule has 0 aromatic carbocycles. The van der Waals surface area contributed by atoms with Crippen LogP contribution in [0.25, 0.3) is 0 Å². The number of nitrogens with one attached hydrogen (secondary N) is 1. The third-order valence-electron chi connectivity index (χ3n) is 6.04. The highest BCUT2D eigenvalue weighted by atomic mass is 16.5. The zero-order valence-corrected chi connectivity index (χ0v) is 20.8. The van der Waals surface area contributed by atoms with Gasteiger partial charge < -0.3 is 15.8 Å². The van der Waals surface area contributed by atoms with Crippen molar-refractivity contribution in [2.75, 3.05) is 13.1 Å². The van der Waals surface area contributed by atoms with Crippen LogP contribution in [-0.2, 0) is 4.74 Å². The summed E-state index contributed by atoms with van der Waals surface area (Å²) in [4.78, 5) is 0. The van der Waals surface area contributed by atoms with Crippen molar-refractivity contribution < 1.29 is 4.74 Å². The van der Waals surface area contributed by atoms with Crippen LogP contribution >= 0.6 is 0 Å². The first kappa shape index (κ1) is 29.0. The number of hydrogen-bond donors (Lipinski definition) is 2. The Hall–Kier alpha value is -0.960. The Morgan fingerprint density at radius 3 is 1.90 bits per heavy atom. The molecule has 0 aliphatic heterocycles. The summed E-state index contributed by atoms with van der Waals surface area (Å²) in [6.07, 6.45) is 26.5. The van der Waals surface area contributed by atoms with Gasteiger partial charge in [-0.05, 0) is 71.4 Å². The number of unbranched alkanes of at least 4 members (excludes halogenated alkanes) is 12. The molecule has 0 unspecified atom stereocenters. The van der Waals surface area contributed by atoms with Gasteiger partial charge in [-0.1, -0.05) is 83.8 Å².